The molecule has 0 aliphatic carbocycles. The van der Waals surface area contributed by atoms with Gasteiger partial charge in [0.25, 0.3) is 0 Å². The summed E-state index contributed by atoms with van der Waals surface area (Å²) in [6.07, 6.45) is -1.84. The van der Waals surface area contributed by atoms with Crippen molar-refractivity contribution >= 4 is 0 Å². The SMILES string of the molecule is N#CCCCC(F)F. The average molecular weight is 119 g/mol. The average Bonchev–Trinajstić information content (AvgIpc) is 1.66. The molecule has 0 N–H and O–H groups in total. The topological polar surface area (TPSA) is 23.8 Å². The van der Waals surface area contributed by atoms with Gasteiger partial charge in [-0.2, -0.15) is 5.26 Å². The molecule has 46 valence electrons. The van der Waals surface area contributed by atoms with Crippen LogP contribution in [0.25, 0.3) is 0 Å². The zero-order chi connectivity index (χ0) is 6.41. The second-order valence-corrected chi connectivity index (χ2v) is 1.44. The van der Waals surface area contributed by atoms with Gasteiger partial charge in [0.2, 0.25) is 6.43 Å². The van der Waals surface area contributed by atoms with E-state index >= 15 is 0 Å². The molecule has 8 heavy (non-hydrogen) atoms. The van der Waals surface area contributed by atoms with Gasteiger partial charge in [-0.3, -0.25) is 0 Å². The fraction of sp³-hybridized carbons (Fsp3) is 0.800. The molecule has 0 radical (unpaired) electrons. The summed E-state index contributed by atoms with van der Waals surface area (Å²) in [6, 6.07) is 1.79. The van der Waals surface area contributed by atoms with Crippen LogP contribution in [0.1, 0.15) is 19.3 Å². The Morgan fingerprint density at radius 1 is 1.50 bits per heavy atom. The molecule has 0 fully saturated rings. The molecule has 1 nitrogen and oxygen atoms in total. The molecule has 3 heteroatoms. The van der Waals surface area contributed by atoms with Crippen molar-refractivity contribution < 1.29 is 8.78 Å². The van der Waals surface area contributed by atoms with E-state index in [1.54, 1.807) is 6.07 Å². The van der Waals surface area contributed by atoms with E-state index in [4.69, 9.17) is 5.26 Å². The maximum absolute atomic E-state index is 11.2. The number of hydrogen-bond acceptors (Lipinski definition) is 1. The fourth-order valence-electron chi connectivity index (χ4n) is 0.335. The summed E-state index contributed by atoms with van der Waals surface area (Å²) in [4.78, 5) is 0. The Bertz CT molecular complexity index is 84.9. The number of halogens is 2. The minimum Gasteiger partial charge on any atom is -0.211 e. The first-order valence-corrected chi connectivity index (χ1v) is 2.42. The number of hydrogen-bond donors (Lipinski definition) is 0. The number of alkyl halides is 2. The van der Waals surface area contributed by atoms with Crippen molar-refractivity contribution in [1.29, 1.82) is 5.26 Å². The van der Waals surface area contributed by atoms with Crippen LogP contribution in [0.3, 0.4) is 0 Å². The number of nitrogens with zero attached hydrogens (tertiary/aromatic N) is 1. The van der Waals surface area contributed by atoms with Crippen molar-refractivity contribution in [3.8, 4) is 6.07 Å². The Balaban J connectivity index is 2.85. The summed E-state index contributed by atoms with van der Waals surface area (Å²) in [6.45, 7) is 0. The molecule has 0 bridgehead atoms. The number of unbranched alkanes of at least 4 members (excludes halogenated alkanes) is 1. The molecule has 0 aromatic rings. The van der Waals surface area contributed by atoms with E-state index in [1.165, 1.54) is 0 Å². The lowest BCUT2D eigenvalue weighted by Gasteiger charge is -1.90. The van der Waals surface area contributed by atoms with Gasteiger partial charge in [-0.15, -0.1) is 0 Å². The van der Waals surface area contributed by atoms with Crippen LogP contribution < -0.4 is 0 Å². The van der Waals surface area contributed by atoms with E-state index in [2.05, 4.69) is 0 Å². The predicted octanol–water partition coefficient (Wildman–Crippen LogP) is 1.95. The van der Waals surface area contributed by atoms with Crippen LogP contribution in [0.5, 0.6) is 0 Å². The molecule has 0 rings (SSSR count). The minimum atomic E-state index is -2.25. The van der Waals surface area contributed by atoms with Crippen LogP contribution in [-0.2, 0) is 0 Å². The predicted molar refractivity (Wildman–Crippen MR) is 25.5 cm³/mol. The van der Waals surface area contributed by atoms with Crippen molar-refractivity contribution in [3.63, 3.8) is 0 Å². The molecule has 0 amide bonds. The van der Waals surface area contributed by atoms with Gasteiger partial charge in [0.15, 0.2) is 0 Å². The lowest BCUT2D eigenvalue weighted by atomic mass is 10.3. The van der Waals surface area contributed by atoms with Crippen molar-refractivity contribution in [2.24, 2.45) is 0 Å². The molecule has 0 saturated heterocycles. The Hall–Kier alpha value is -0.650. The van der Waals surface area contributed by atoms with Gasteiger partial charge < -0.3 is 0 Å². The third kappa shape index (κ3) is 5.35. The van der Waals surface area contributed by atoms with Gasteiger partial charge in [-0.25, -0.2) is 8.78 Å². The number of rotatable bonds is 3. The van der Waals surface area contributed by atoms with Crippen molar-refractivity contribution in [2.45, 2.75) is 25.7 Å². The highest BCUT2D eigenvalue weighted by atomic mass is 19.3. The van der Waals surface area contributed by atoms with Gasteiger partial charge in [0, 0.05) is 12.8 Å². The van der Waals surface area contributed by atoms with Crippen LogP contribution in [0.15, 0.2) is 0 Å². The molecule has 0 heterocycles. The first-order chi connectivity index (χ1) is 3.77. The molecule has 0 aromatic heterocycles. The molecular weight excluding hydrogens is 112 g/mol. The lowest BCUT2D eigenvalue weighted by molar-refractivity contribution is 0.135. The van der Waals surface area contributed by atoms with E-state index in [1.807, 2.05) is 0 Å². The Morgan fingerprint density at radius 2 is 2.12 bits per heavy atom. The normalized spacial score (nSPS) is 9.25. The summed E-state index contributed by atoms with van der Waals surface area (Å²) >= 11 is 0. The van der Waals surface area contributed by atoms with Crippen LogP contribution in [0.2, 0.25) is 0 Å². The first kappa shape index (κ1) is 7.35. The van der Waals surface area contributed by atoms with E-state index in [-0.39, 0.29) is 12.8 Å². The first-order valence-electron chi connectivity index (χ1n) is 2.42. The van der Waals surface area contributed by atoms with Crippen LogP contribution >= 0.6 is 0 Å². The summed E-state index contributed by atoms with van der Waals surface area (Å²) < 4.78 is 22.5. The van der Waals surface area contributed by atoms with E-state index < -0.39 is 6.43 Å². The summed E-state index contributed by atoms with van der Waals surface area (Å²) in [7, 11) is 0. The molecule has 0 aliphatic heterocycles. The van der Waals surface area contributed by atoms with Crippen molar-refractivity contribution in [2.75, 3.05) is 0 Å². The van der Waals surface area contributed by atoms with Gasteiger partial charge in [0.05, 0.1) is 6.07 Å². The highest BCUT2D eigenvalue weighted by Crippen LogP contribution is 2.03. The Kier molecular flexibility index (Phi) is 4.14. The summed E-state index contributed by atoms with van der Waals surface area (Å²) in [5.74, 6) is 0. The lowest BCUT2D eigenvalue weighted by Crippen LogP contribution is -1.87. The highest BCUT2D eigenvalue weighted by Gasteiger charge is 1.99. The highest BCUT2D eigenvalue weighted by molar-refractivity contribution is 4.67. The van der Waals surface area contributed by atoms with E-state index in [0.717, 1.165) is 0 Å². The third-order valence-corrected chi connectivity index (χ3v) is 0.711. The van der Waals surface area contributed by atoms with Gasteiger partial charge in [-0.1, -0.05) is 0 Å². The van der Waals surface area contributed by atoms with Crippen LogP contribution in [-0.4, -0.2) is 6.43 Å². The quantitative estimate of drug-likeness (QED) is 0.521. The standard InChI is InChI=1S/C5H7F2N/c6-5(7)3-1-2-4-8/h5H,1-3H2. The monoisotopic (exact) mass is 119 g/mol. The fourth-order valence-corrected chi connectivity index (χ4v) is 0.335. The molecular formula is C5H7F2N. The summed E-state index contributed by atoms with van der Waals surface area (Å²) in [5, 5.41) is 7.88. The largest absolute Gasteiger partial charge is 0.238 e. The van der Waals surface area contributed by atoms with E-state index in [9.17, 15) is 8.78 Å². The summed E-state index contributed by atoms with van der Waals surface area (Å²) in [5.41, 5.74) is 0. The van der Waals surface area contributed by atoms with Gasteiger partial charge in [0.1, 0.15) is 0 Å². The van der Waals surface area contributed by atoms with Crippen molar-refractivity contribution in [1.82, 2.24) is 0 Å². The maximum Gasteiger partial charge on any atom is 0.238 e. The van der Waals surface area contributed by atoms with E-state index in [0.29, 0.717) is 6.42 Å². The molecule has 0 unspecified atom stereocenters. The molecule has 0 atom stereocenters. The zero-order valence-electron chi connectivity index (χ0n) is 4.40. The molecule has 0 spiro atoms. The number of nitriles is 1. The zero-order valence-corrected chi connectivity index (χ0v) is 4.40. The molecule has 0 aliphatic rings. The van der Waals surface area contributed by atoms with Gasteiger partial charge in [-0.05, 0) is 6.42 Å². The molecule has 0 aromatic carbocycles. The molecule has 0 saturated carbocycles. The third-order valence-electron chi connectivity index (χ3n) is 0.711. The van der Waals surface area contributed by atoms with Gasteiger partial charge >= 0.3 is 0 Å². The minimum absolute atomic E-state index is 0.145. The maximum atomic E-state index is 11.2. The smallest absolute Gasteiger partial charge is 0.211 e. The second kappa shape index (κ2) is 4.51. The van der Waals surface area contributed by atoms with Crippen LogP contribution in [0.4, 0.5) is 8.78 Å². The Morgan fingerprint density at radius 3 is 2.50 bits per heavy atom. The van der Waals surface area contributed by atoms with Crippen LogP contribution in [0, 0.1) is 11.3 Å². The second-order valence-electron chi connectivity index (χ2n) is 1.44. The Labute approximate surface area is 46.9 Å². The van der Waals surface area contributed by atoms with Crippen molar-refractivity contribution in [3.05, 3.63) is 0 Å².